The molecule has 0 saturated carbocycles. The normalized spacial score (nSPS) is 21.4. The molecule has 1 aromatic rings. The lowest BCUT2D eigenvalue weighted by atomic mass is 9.77. The van der Waals surface area contributed by atoms with Crippen molar-refractivity contribution in [2.24, 2.45) is 17.3 Å². The van der Waals surface area contributed by atoms with Crippen molar-refractivity contribution in [3.05, 3.63) is 35.4 Å². The highest BCUT2D eigenvalue weighted by atomic mass is 16.6. The lowest BCUT2D eigenvalue weighted by Gasteiger charge is -2.22. The largest absolute Gasteiger partial charge is 0.393 e. The fraction of sp³-hybridized carbons (Fsp3) is 0.619. The fourth-order valence-corrected chi connectivity index (χ4v) is 2.46. The summed E-state index contributed by atoms with van der Waals surface area (Å²) in [5, 5.41) is 0. The molecule has 2 atom stereocenters. The minimum Gasteiger partial charge on any atom is -0.393 e. The zero-order valence-corrected chi connectivity index (χ0v) is 16.0. The second-order valence-electron chi connectivity index (χ2n) is 7.75. The van der Waals surface area contributed by atoms with Gasteiger partial charge in [-0.15, -0.1) is 0 Å². The zero-order chi connectivity index (χ0) is 18.3. The number of esters is 2. The molecule has 0 bridgehead atoms. The van der Waals surface area contributed by atoms with E-state index in [2.05, 4.69) is 46.3 Å². The van der Waals surface area contributed by atoms with Crippen molar-refractivity contribution in [3.63, 3.8) is 0 Å². The summed E-state index contributed by atoms with van der Waals surface area (Å²) in [6.45, 7) is 13.2. The van der Waals surface area contributed by atoms with Crippen molar-refractivity contribution >= 4 is 11.9 Å². The summed E-state index contributed by atoms with van der Waals surface area (Å²) < 4.78 is 4.66. The van der Waals surface area contributed by atoms with Crippen LogP contribution in [-0.4, -0.2) is 11.9 Å². The molecule has 1 saturated heterocycles. The van der Waals surface area contributed by atoms with E-state index in [0.717, 1.165) is 0 Å². The summed E-state index contributed by atoms with van der Waals surface area (Å²) >= 11 is 0. The molecule has 3 nitrogen and oxygen atoms in total. The number of cyclic esters (lactones) is 2. The van der Waals surface area contributed by atoms with E-state index in [1.807, 2.05) is 24.3 Å². The van der Waals surface area contributed by atoms with Crippen LogP contribution in [0.1, 0.15) is 65.5 Å². The number of benzene rings is 1. The second kappa shape index (κ2) is 9.00. The van der Waals surface area contributed by atoms with Crippen molar-refractivity contribution in [2.75, 3.05) is 0 Å². The number of carbonyl (C=O) groups excluding carboxylic acids is 2. The van der Waals surface area contributed by atoms with Crippen LogP contribution in [0.2, 0.25) is 0 Å². The predicted octanol–water partition coefficient (Wildman–Crippen LogP) is 4.96. The number of carbonyl (C=O) groups is 2. The summed E-state index contributed by atoms with van der Waals surface area (Å²) in [6, 6.07) is 7.95. The van der Waals surface area contributed by atoms with Crippen molar-refractivity contribution in [3.8, 4) is 0 Å². The Morgan fingerprint density at radius 2 is 1.25 bits per heavy atom. The van der Waals surface area contributed by atoms with Crippen molar-refractivity contribution in [2.45, 2.75) is 67.2 Å². The monoisotopic (exact) mass is 332 g/mol. The molecule has 1 aliphatic carbocycles. The van der Waals surface area contributed by atoms with Crippen LogP contribution >= 0.6 is 0 Å². The van der Waals surface area contributed by atoms with Gasteiger partial charge in [-0.2, -0.15) is 0 Å². The first kappa shape index (κ1) is 20.4. The highest BCUT2D eigenvalue weighted by Crippen LogP contribution is 2.35. The van der Waals surface area contributed by atoms with Gasteiger partial charge in [-0.05, 0) is 29.4 Å². The first-order valence-electron chi connectivity index (χ1n) is 9.05. The van der Waals surface area contributed by atoms with Gasteiger partial charge in [0.15, 0.2) is 0 Å². The van der Waals surface area contributed by atoms with Crippen LogP contribution in [0.25, 0.3) is 0 Å². The molecule has 0 aromatic heterocycles. The smallest absolute Gasteiger partial charge is 0.317 e. The number of hydrogen-bond acceptors (Lipinski definition) is 3. The Bertz CT molecular complexity index is 513. The van der Waals surface area contributed by atoms with Gasteiger partial charge < -0.3 is 4.74 Å². The summed E-state index contributed by atoms with van der Waals surface area (Å²) in [6.07, 6.45) is 3.81. The van der Waals surface area contributed by atoms with E-state index in [9.17, 15) is 9.59 Å². The van der Waals surface area contributed by atoms with Crippen molar-refractivity contribution < 1.29 is 14.3 Å². The summed E-state index contributed by atoms with van der Waals surface area (Å²) in [5.74, 6) is -1.18. The second-order valence-corrected chi connectivity index (χ2v) is 7.75. The van der Waals surface area contributed by atoms with Gasteiger partial charge in [0.25, 0.3) is 0 Å². The molecular formula is C21H32O3. The van der Waals surface area contributed by atoms with Gasteiger partial charge in [0, 0.05) is 0 Å². The lowest BCUT2D eigenvalue weighted by Crippen LogP contribution is -2.27. The van der Waals surface area contributed by atoms with Crippen LogP contribution in [0.5, 0.6) is 0 Å². The van der Waals surface area contributed by atoms with E-state index < -0.39 is 0 Å². The van der Waals surface area contributed by atoms with Crippen LogP contribution in [-0.2, 0) is 27.2 Å². The van der Waals surface area contributed by atoms with Gasteiger partial charge in [-0.25, -0.2) is 0 Å². The SMILES string of the molecule is CCC.CCC(C)(C)C.O=C1OC(=O)C2Cc3ccccc3CC12. The molecule has 0 spiro atoms. The summed E-state index contributed by atoms with van der Waals surface area (Å²) in [4.78, 5) is 22.8. The zero-order valence-electron chi connectivity index (χ0n) is 16.0. The Balaban J connectivity index is 0.000000271. The minimum atomic E-state index is -0.348. The quantitative estimate of drug-likeness (QED) is 0.498. The van der Waals surface area contributed by atoms with E-state index in [1.165, 1.54) is 24.0 Å². The first-order valence-corrected chi connectivity index (χ1v) is 9.05. The van der Waals surface area contributed by atoms with Crippen LogP contribution < -0.4 is 0 Å². The Morgan fingerprint density at radius 3 is 1.54 bits per heavy atom. The van der Waals surface area contributed by atoms with Crippen LogP contribution in [0.3, 0.4) is 0 Å². The Morgan fingerprint density at radius 1 is 0.917 bits per heavy atom. The molecule has 2 unspecified atom stereocenters. The van der Waals surface area contributed by atoms with E-state index in [-0.39, 0.29) is 23.8 Å². The topological polar surface area (TPSA) is 43.4 Å². The third-order valence-electron chi connectivity index (χ3n) is 4.35. The molecule has 1 aromatic carbocycles. The maximum absolute atomic E-state index is 11.4. The maximum Gasteiger partial charge on any atom is 0.317 e. The van der Waals surface area contributed by atoms with Gasteiger partial charge in [-0.1, -0.05) is 78.6 Å². The molecule has 134 valence electrons. The molecule has 1 heterocycles. The first-order chi connectivity index (χ1) is 11.2. The van der Waals surface area contributed by atoms with E-state index >= 15 is 0 Å². The van der Waals surface area contributed by atoms with E-state index in [4.69, 9.17) is 0 Å². The molecule has 2 aliphatic rings. The molecule has 0 amide bonds. The fourth-order valence-electron chi connectivity index (χ4n) is 2.46. The minimum absolute atomic E-state index is 0.243. The van der Waals surface area contributed by atoms with Gasteiger partial charge in [0.05, 0.1) is 11.8 Å². The van der Waals surface area contributed by atoms with Crippen molar-refractivity contribution in [1.82, 2.24) is 0 Å². The Kier molecular flexibility index (Phi) is 7.65. The van der Waals surface area contributed by atoms with E-state index in [0.29, 0.717) is 18.3 Å². The van der Waals surface area contributed by atoms with Gasteiger partial charge in [0.2, 0.25) is 0 Å². The highest BCUT2D eigenvalue weighted by Gasteiger charge is 2.46. The van der Waals surface area contributed by atoms with Gasteiger partial charge in [-0.3, -0.25) is 9.59 Å². The number of ether oxygens (including phenoxy) is 1. The van der Waals surface area contributed by atoms with E-state index in [1.54, 1.807) is 0 Å². The standard InChI is InChI=1S/C12H10O3.C6H14.C3H8/c13-11-9-5-7-3-1-2-4-8(7)6-10(9)12(14)15-11;1-5-6(2,3)4;1-3-2/h1-4,9-10H,5-6H2;5H2,1-4H3;3H2,1-2H3. The predicted molar refractivity (Wildman–Crippen MR) is 97.6 cm³/mol. The highest BCUT2D eigenvalue weighted by molar-refractivity contribution is 5.97. The van der Waals surface area contributed by atoms with Crippen LogP contribution in [0.15, 0.2) is 24.3 Å². The molecule has 3 heteroatoms. The maximum atomic E-state index is 11.4. The Labute approximate surface area is 146 Å². The van der Waals surface area contributed by atoms with Crippen LogP contribution in [0.4, 0.5) is 0 Å². The number of fused-ring (bicyclic) bond motifs is 2. The third-order valence-corrected chi connectivity index (χ3v) is 4.35. The average molecular weight is 332 g/mol. The van der Waals surface area contributed by atoms with Crippen molar-refractivity contribution in [1.29, 1.82) is 0 Å². The molecule has 0 radical (unpaired) electrons. The molecule has 3 rings (SSSR count). The average Bonchev–Trinajstić information content (AvgIpc) is 2.80. The number of rotatable bonds is 0. The molecule has 0 N–H and O–H groups in total. The molecule has 1 fully saturated rings. The molecular weight excluding hydrogens is 300 g/mol. The summed E-state index contributed by atoms with van der Waals surface area (Å²) in [5.41, 5.74) is 2.89. The Hall–Kier alpha value is -1.64. The van der Waals surface area contributed by atoms with Crippen LogP contribution in [0, 0.1) is 17.3 Å². The van der Waals surface area contributed by atoms with Gasteiger partial charge in [0.1, 0.15) is 0 Å². The summed E-state index contributed by atoms with van der Waals surface area (Å²) in [7, 11) is 0. The molecule has 1 aliphatic heterocycles. The lowest BCUT2D eigenvalue weighted by molar-refractivity contribution is -0.153. The third kappa shape index (κ3) is 5.77. The molecule has 24 heavy (non-hydrogen) atoms. The number of hydrogen-bond donors (Lipinski definition) is 0. The van der Waals surface area contributed by atoms with Gasteiger partial charge >= 0.3 is 11.9 Å².